The van der Waals surface area contributed by atoms with E-state index in [2.05, 4.69) is 5.32 Å². The molecular formula is C19H23ClN2O6S. The average Bonchev–Trinajstić information content (AvgIpc) is 2.71. The van der Waals surface area contributed by atoms with Crippen LogP contribution in [-0.4, -0.2) is 48.7 Å². The molecule has 1 N–H and O–H groups in total. The number of ether oxygens (including phenoxy) is 3. The van der Waals surface area contributed by atoms with Crippen molar-refractivity contribution in [1.82, 2.24) is 5.32 Å². The summed E-state index contributed by atoms with van der Waals surface area (Å²) in [4.78, 5) is 12.2. The zero-order valence-corrected chi connectivity index (χ0v) is 18.1. The summed E-state index contributed by atoms with van der Waals surface area (Å²) in [6, 6.07) is 8.71. The molecule has 0 aliphatic rings. The number of hydrogen-bond acceptors (Lipinski definition) is 6. The second-order valence-corrected chi connectivity index (χ2v) is 8.10. The number of likely N-dealkylation sites (N-methyl/N-ethyl adjacent to an activating group) is 1. The van der Waals surface area contributed by atoms with Crippen molar-refractivity contribution in [2.24, 2.45) is 0 Å². The summed E-state index contributed by atoms with van der Waals surface area (Å²) >= 11 is 6.08. The molecule has 0 spiro atoms. The van der Waals surface area contributed by atoms with Gasteiger partial charge in [-0.15, -0.1) is 0 Å². The predicted octanol–water partition coefficient (Wildman–Crippen LogP) is 2.70. The molecule has 0 saturated carbocycles. The molecule has 2 aromatic rings. The number of carbonyl (C=O) groups is 1. The van der Waals surface area contributed by atoms with E-state index in [1.165, 1.54) is 51.7 Å². The molecule has 0 saturated heterocycles. The van der Waals surface area contributed by atoms with Crippen molar-refractivity contribution in [3.8, 4) is 17.2 Å². The van der Waals surface area contributed by atoms with E-state index < -0.39 is 22.5 Å². The van der Waals surface area contributed by atoms with E-state index in [1.54, 1.807) is 13.0 Å². The van der Waals surface area contributed by atoms with Gasteiger partial charge in [0, 0.05) is 17.6 Å². The van der Waals surface area contributed by atoms with Gasteiger partial charge in [0.15, 0.2) is 11.5 Å². The van der Waals surface area contributed by atoms with Crippen molar-refractivity contribution < 1.29 is 27.4 Å². The standard InChI is InChI=1S/C19H23ClN2O6S/c1-5-21-19(23)12-22(15-10-13(20)6-8-16(15)26-2)29(24,25)14-7-9-17(27-3)18(11-14)28-4/h6-11H,5,12H2,1-4H3,(H,21,23). The molecule has 10 heteroatoms. The first kappa shape index (κ1) is 22.6. The summed E-state index contributed by atoms with van der Waals surface area (Å²) < 4.78 is 43.6. The number of nitrogens with one attached hydrogen (secondary N) is 1. The Morgan fingerprint density at radius 2 is 1.62 bits per heavy atom. The van der Waals surface area contributed by atoms with Crippen LogP contribution in [-0.2, 0) is 14.8 Å². The van der Waals surface area contributed by atoms with E-state index in [0.29, 0.717) is 17.3 Å². The van der Waals surface area contributed by atoms with Gasteiger partial charge in [-0.1, -0.05) is 11.6 Å². The normalized spacial score (nSPS) is 10.9. The highest BCUT2D eigenvalue weighted by molar-refractivity contribution is 7.92. The number of methoxy groups -OCH3 is 3. The SMILES string of the molecule is CCNC(=O)CN(c1cc(Cl)ccc1OC)S(=O)(=O)c1ccc(OC)c(OC)c1. The summed E-state index contributed by atoms with van der Waals surface area (Å²) in [7, 11) is 0.0789. The molecule has 0 atom stereocenters. The van der Waals surface area contributed by atoms with Crippen molar-refractivity contribution in [1.29, 1.82) is 0 Å². The number of amides is 1. The lowest BCUT2D eigenvalue weighted by molar-refractivity contribution is -0.119. The summed E-state index contributed by atoms with van der Waals surface area (Å²) in [5.41, 5.74) is 0.140. The summed E-state index contributed by atoms with van der Waals surface area (Å²) in [5, 5.41) is 2.89. The average molecular weight is 443 g/mol. The number of sulfonamides is 1. The number of anilines is 1. The largest absolute Gasteiger partial charge is 0.495 e. The maximum atomic E-state index is 13.5. The van der Waals surface area contributed by atoms with Gasteiger partial charge in [-0.2, -0.15) is 0 Å². The van der Waals surface area contributed by atoms with Crippen molar-refractivity contribution in [2.75, 3.05) is 38.7 Å². The van der Waals surface area contributed by atoms with Crippen LogP contribution < -0.4 is 23.8 Å². The van der Waals surface area contributed by atoms with Crippen molar-refractivity contribution in [2.45, 2.75) is 11.8 Å². The molecule has 0 aliphatic carbocycles. The third kappa shape index (κ3) is 5.04. The molecule has 8 nitrogen and oxygen atoms in total. The van der Waals surface area contributed by atoms with Crippen molar-refractivity contribution in [3.05, 3.63) is 41.4 Å². The highest BCUT2D eigenvalue weighted by atomic mass is 35.5. The molecule has 0 unspecified atom stereocenters. The van der Waals surface area contributed by atoms with Gasteiger partial charge in [-0.3, -0.25) is 9.10 Å². The molecule has 29 heavy (non-hydrogen) atoms. The Morgan fingerprint density at radius 3 is 2.21 bits per heavy atom. The second kappa shape index (κ2) is 9.71. The number of hydrogen-bond donors (Lipinski definition) is 1. The van der Waals surface area contributed by atoms with Gasteiger partial charge in [-0.25, -0.2) is 8.42 Å². The third-order valence-electron chi connectivity index (χ3n) is 4.01. The summed E-state index contributed by atoms with van der Waals surface area (Å²) in [5.74, 6) is 0.396. The molecule has 0 heterocycles. The quantitative estimate of drug-likeness (QED) is 0.641. The van der Waals surface area contributed by atoms with Gasteiger partial charge in [-0.05, 0) is 37.3 Å². The molecule has 0 aromatic heterocycles. The van der Waals surface area contributed by atoms with Crippen LogP contribution in [0.1, 0.15) is 6.92 Å². The zero-order chi connectivity index (χ0) is 21.6. The molecule has 0 aliphatic heterocycles. The first-order valence-electron chi connectivity index (χ1n) is 8.63. The highest BCUT2D eigenvalue weighted by Gasteiger charge is 2.30. The van der Waals surface area contributed by atoms with Gasteiger partial charge >= 0.3 is 0 Å². The van der Waals surface area contributed by atoms with Crippen LogP contribution in [0, 0.1) is 0 Å². The van der Waals surface area contributed by atoms with Gasteiger partial charge in [0.2, 0.25) is 5.91 Å². The lowest BCUT2D eigenvalue weighted by Gasteiger charge is -2.26. The minimum absolute atomic E-state index is 0.0820. The fraction of sp³-hybridized carbons (Fsp3) is 0.316. The van der Waals surface area contributed by atoms with Crippen LogP contribution in [0.25, 0.3) is 0 Å². The van der Waals surface area contributed by atoms with E-state index in [9.17, 15) is 13.2 Å². The van der Waals surface area contributed by atoms with Gasteiger partial charge in [0.1, 0.15) is 12.3 Å². The monoisotopic (exact) mass is 442 g/mol. The van der Waals surface area contributed by atoms with Crippen LogP contribution >= 0.6 is 11.6 Å². The van der Waals surface area contributed by atoms with Crippen LogP contribution in [0.2, 0.25) is 5.02 Å². The molecule has 0 bridgehead atoms. The first-order chi connectivity index (χ1) is 13.8. The van der Waals surface area contributed by atoms with Crippen LogP contribution in [0.5, 0.6) is 17.2 Å². The van der Waals surface area contributed by atoms with E-state index in [4.69, 9.17) is 25.8 Å². The fourth-order valence-corrected chi connectivity index (χ4v) is 4.25. The third-order valence-corrected chi connectivity index (χ3v) is 6.00. The predicted molar refractivity (Wildman–Crippen MR) is 111 cm³/mol. The number of rotatable bonds is 9. The maximum Gasteiger partial charge on any atom is 0.265 e. The van der Waals surface area contributed by atoms with Gasteiger partial charge in [0.05, 0.1) is 31.9 Å². The minimum Gasteiger partial charge on any atom is -0.495 e. The Kier molecular flexibility index (Phi) is 7.58. The Balaban J connectivity index is 2.64. The molecule has 2 rings (SSSR count). The zero-order valence-electron chi connectivity index (χ0n) is 16.6. The summed E-state index contributed by atoms with van der Waals surface area (Å²) in [6.07, 6.45) is 0. The van der Waals surface area contributed by atoms with Crippen LogP contribution in [0.4, 0.5) is 5.69 Å². The molecule has 1 amide bonds. The number of benzene rings is 2. The fourth-order valence-electron chi connectivity index (χ4n) is 2.65. The van der Waals surface area contributed by atoms with E-state index in [1.807, 2.05) is 0 Å². The second-order valence-electron chi connectivity index (χ2n) is 5.80. The molecule has 2 aromatic carbocycles. The van der Waals surface area contributed by atoms with Crippen molar-refractivity contribution in [3.63, 3.8) is 0 Å². The Hall–Kier alpha value is -2.65. The molecular weight excluding hydrogens is 420 g/mol. The molecule has 0 fully saturated rings. The van der Waals surface area contributed by atoms with Gasteiger partial charge < -0.3 is 19.5 Å². The highest BCUT2D eigenvalue weighted by Crippen LogP contribution is 2.36. The topological polar surface area (TPSA) is 94.2 Å². The number of carbonyl (C=O) groups excluding carboxylic acids is 1. The lowest BCUT2D eigenvalue weighted by Crippen LogP contribution is -2.41. The first-order valence-corrected chi connectivity index (χ1v) is 10.4. The maximum absolute atomic E-state index is 13.5. The Bertz CT molecular complexity index is 981. The van der Waals surface area contributed by atoms with E-state index in [-0.39, 0.29) is 22.1 Å². The molecule has 0 radical (unpaired) electrons. The van der Waals surface area contributed by atoms with Crippen LogP contribution in [0.15, 0.2) is 41.3 Å². The van der Waals surface area contributed by atoms with Gasteiger partial charge in [0.25, 0.3) is 10.0 Å². The minimum atomic E-state index is -4.18. The number of halogens is 1. The molecule has 158 valence electrons. The summed E-state index contributed by atoms with van der Waals surface area (Å²) in [6.45, 7) is 1.64. The Labute approximate surface area is 175 Å². The lowest BCUT2D eigenvalue weighted by atomic mass is 10.3. The Morgan fingerprint density at radius 1 is 1.00 bits per heavy atom. The van der Waals surface area contributed by atoms with Crippen molar-refractivity contribution >= 4 is 33.2 Å². The van der Waals surface area contributed by atoms with Crippen LogP contribution in [0.3, 0.4) is 0 Å². The number of nitrogens with zero attached hydrogens (tertiary/aromatic N) is 1. The smallest absolute Gasteiger partial charge is 0.265 e. The van der Waals surface area contributed by atoms with E-state index in [0.717, 1.165) is 4.31 Å². The van der Waals surface area contributed by atoms with E-state index >= 15 is 0 Å².